The fourth-order valence-electron chi connectivity index (χ4n) is 4.20. The van der Waals surface area contributed by atoms with Crippen LogP contribution in [0.5, 0.6) is 0 Å². The molecule has 0 aromatic heterocycles. The molecule has 0 bridgehead atoms. The van der Waals surface area contributed by atoms with Crippen molar-refractivity contribution in [3.8, 4) is 0 Å². The lowest BCUT2D eigenvalue weighted by Crippen LogP contribution is -2.49. The molecule has 0 aliphatic carbocycles. The molecule has 1 atom stereocenters. The van der Waals surface area contributed by atoms with E-state index in [0.717, 1.165) is 24.0 Å². The first-order chi connectivity index (χ1) is 14.0. The molecule has 0 spiro atoms. The third kappa shape index (κ3) is 5.34. The average Bonchev–Trinajstić information content (AvgIpc) is 3.02. The topological polar surface area (TPSA) is 66.5 Å². The molecule has 1 fully saturated rings. The molecule has 2 heterocycles. The molecule has 1 unspecified atom stereocenters. The van der Waals surface area contributed by atoms with Gasteiger partial charge in [-0.2, -0.15) is 0 Å². The summed E-state index contributed by atoms with van der Waals surface area (Å²) in [5.41, 5.74) is 3.43. The smallest absolute Gasteiger partial charge is 0.255 e. The van der Waals surface area contributed by atoms with E-state index >= 15 is 0 Å². The third-order valence-electron chi connectivity index (χ3n) is 5.95. The summed E-state index contributed by atoms with van der Waals surface area (Å²) >= 11 is 0. The number of ketones is 1. The van der Waals surface area contributed by atoms with Crippen molar-refractivity contribution >= 4 is 17.6 Å². The van der Waals surface area contributed by atoms with Crippen LogP contribution >= 0.6 is 0 Å². The summed E-state index contributed by atoms with van der Waals surface area (Å²) in [4.78, 5) is 38.8. The molecule has 3 rings (SSSR count). The third-order valence-corrected chi connectivity index (χ3v) is 5.95. The summed E-state index contributed by atoms with van der Waals surface area (Å²) in [7, 11) is 0. The van der Waals surface area contributed by atoms with E-state index in [2.05, 4.69) is 18.8 Å². The van der Waals surface area contributed by atoms with Crippen LogP contribution in [-0.4, -0.2) is 28.5 Å². The first kappa shape index (κ1) is 21.3. The Morgan fingerprint density at radius 1 is 1.17 bits per heavy atom. The maximum atomic E-state index is 12.8. The van der Waals surface area contributed by atoms with Crippen LogP contribution < -0.4 is 5.32 Å². The van der Waals surface area contributed by atoms with Gasteiger partial charge >= 0.3 is 0 Å². The molecule has 2 aliphatic rings. The zero-order valence-electron chi connectivity index (χ0n) is 17.5. The molecule has 5 heteroatoms. The number of unbranched alkanes of at least 4 members (excludes halogenated alkanes) is 4. The highest BCUT2D eigenvalue weighted by atomic mass is 16.2. The summed E-state index contributed by atoms with van der Waals surface area (Å²) in [6.45, 7) is 6.45. The van der Waals surface area contributed by atoms with E-state index in [9.17, 15) is 14.4 Å². The first-order valence-corrected chi connectivity index (χ1v) is 10.9. The Morgan fingerprint density at radius 3 is 2.72 bits per heavy atom. The van der Waals surface area contributed by atoms with Gasteiger partial charge in [0.05, 0.1) is 0 Å². The minimum atomic E-state index is -0.432. The van der Waals surface area contributed by atoms with Crippen LogP contribution in [0.1, 0.15) is 86.2 Å². The van der Waals surface area contributed by atoms with Gasteiger partial charge in [0, 0.05) is 30.6 Å². The zero-order valence-corrected chi connectivity index (χ0v) is 17.5. The van der Waals surface area contributed by atoms with Gasteiger partial charge in [-0.1, -0.05) is 51.3 Å². The van der Waals surface area contributed by atoms with Crippen LogP contribution in [0.3, 0.4) is 0 Å². The highest BCUT2D eigenvalue weighted by Crippen LogP contribution is 2.29. The Kier molecular flexibility index (Phi) is 7.24. The van der Waals surface area contributed by atoms with Gasteiger partial charge in [0.1, 0.15) is 11.8 Å². The molecule has 156 valence electrons. The SMILES string of the molecule is C=C1CCC(N2Cc3cc(CCC(=O)CCCCCCC)ccc3C2=O)C(=O)N1. The standard InChI is InChI=1S/C24H32N2O3/c1-3-4-5-6-7-8-20(27)12-10-18-11-13-21-19(15-18)16-26(24(21)29)22-14-9-17(2)25-23(22)28/h11,13,15,22H,2-10,12,14,16H2,1H3,(H,25,28). The van der Waals surface area contributed by atoms with E-state index in [-0.39, 0.29) is 11.8 Å². The summed E-state index contributed by atoms with van der Waals surface area (Å²) < 4.78 is 0. The quantitative estimate of drug-likeness (QED) is 0.600. The number of hydrogen-bond acceptors (Lipinski definition) is 3. The fourth-order valence-corrected chi connectivity index (χ4v) is 4.20. The van der Waals surface area contributed by atoms with E-state index in [1.165, 1.54) is 19.3 Å². The minimum Gasteiger partial charge on any atom is -0.329 e. The van der Waals surface area contributed by atoms with Gasteiger partial charge < -0.3 is 10.2 Å². The number of fused-ring (bicyclic) bond motifs is 1. The van der Waals surface area contributed by atoms with Crippen LogP contribution in [0.15, 0.2) is 30.5 Å². The van der Waals surface area contributed by atoms with Crippen molar-refractivity contribution in [1.29, 1.82) is 0 Å². The van der Waals surface area contributed by atoms with Gasteiger partial charge in [-0.05, 0) is 42.9 Å². The van der Waals surface area contributed by atoms with Gasteiger partial charge in [0.2, 0.25) is 5.91 Å². The second kappa shape index (κ2) is 9.86. The molecular weight excluding hydrogens is 364 g/mol. The van der Waals surface area contributed by atoms with E-state index in [4.69, 9.17) is 0 Å². The number of nitrogens with one attached hydrogen (secondary N) is 1. The van der Waals surface area contributed by atoms with Crippen molar-refractivity contribution in [3.05, 3.63) is 47.2 Å². The Labute approximate surface area is 173 Å². The van der Waals surface area contributed by atoms with Crippen molar-refractivity contribution in [2.24, 2.45) is 0 Å². The predicted octanol–water partition coefficient (Wildman–Crippen LogP) is 4.30. The summed E-state index contributed by atoms with van der Waals surface area (Å²) in [5, 5.41) is 2.76. The van der Waals surface area contributed by atoms with Crippen molar-refractivity contribution in [2.75, 3.05) is 0 Å². The maximum absolute atomic E-state index is 12.8. The largest absolute Gasteiger partial charge is 0.329 e. The fraction of sp³-hybridized carbons (Fsp3) is 0.542. The van der Waals surface area contributed by atoms with E-state index in [1.54, 1.807) is 4.90 Å². The summed E-state index contributed by atoms with van der Waals surface area (Å²) in [5.74, 6) is 0.0911. The van der Waals surface area contributed by atoms with E-state index in [0.29, 0.717) is 55.7 Å². The van der Waals surface area contributed by atoms with Crippen LogP contribution in [0.25, 0.3) is 0 Å². The molecule has 5 nitrogen and oxygen atoms in total. The maximum Gasteiger partial charge on any atom is 0.255 e. The highest BCUT2D eigenvalue weighted by Gasteiger charge is 2.38. The van der Waals surface area contributed by atoms with Gasteiger partial charge in [-0.25, -0.2) is 0 Å². The number of carbonyl (C=O) groups excluding carboxylic acids is 3. The second-order valence-corrected chi connectivity index (χ2v) is 8.27. The predicted molar refractivity (Wildman–Crippen MR) is 113 cm³/mol. The number of Topliss-reactive ketones (excluding diaryl/α,β-unsaturated/α-hetero) is 1. The lowest BCUT2D eigenvalue weighted by molar-refractivity contribution is -0.126. The van der Waals surface area contributed by atoms with Crippen molar-refractivity contribution < 1.29 is 14.4 Å². The Hall–Kier alpha value is -2.43. The van der Waals surface area contributed by atoms with Crippen LogP contribution in [-0.2, 0) is 22.6 Å². The normalized spacial score (nSPS) is 18.7. The number of hydrogen-bond donors (Lipinski definition) is 1. The number of nitrogens with zero attached hydrogens (tertiary/aromatic N) is 1. The number of rotatable bonds is 10. The van der Waals surface area contributed by atoms with E-state index in [1.807, 2.05) is 18.2 Å². The Bertz CT molecular complexity index is 799. The molecule has 29 heavy (non-hydrogen) atoms. The lowest BCUT2D eigenvalue weighted by atomic mass is 10.00. The van der Waals surface area contributed by atoms with Gasteiger partial charge in [-0.3, -0.25) is 14.4 Å². The van der Waals surface area contributed by atoms with Gasteiger partial charge in [0.15, 0.2) is 0 Å². The number of benzene rings is 1. The molecule has 2 aliphatic heterocycles. The summed E-state index contributed by atoms with van der Waals surface area (Å²) in [6, 6.07) is 5.39. The monoisotopic (exact) mass is 396 g/mol. The molecule has 1 N–H and O–H groups in total. The molecule has 0 saturated carbocycles. The second-order valence-electron chi connectivity index (χ2n) is 8.27. The molecule has 1 aromatic carbocycles. The van der Waals surface area contributed by atoms with Crippen LogP contribution in [0.2, 0.25) is 0 Å². The first-order valence-electron chi connectivity index (χ1n) is 10.9. The van der Waals surface area contributed by atoms with Crippen molar-refractivity contribution in [2.45, 2.75) is 83.7 Å². The molecule has 1 saturated heterocycles. The number of carbonyl (C=O) groups is 3. The average molecular weight is 397 g/mol. The highest BCUT2D eigenvalue weighted by molar-refractivity contribution is 6.01. The minimum absolute atomic E-state index is 0.0811. The van der Waals surface area contributed by atoms with Gasteiger partial charge in [0.25, 0.3) is 5.91 Å². The molecule has 1 aromatic rings. The van der Waals surface area contributed by atoms with Crippen molar-refractivity contribution in [1.82, 2.24) is 10.2 Å². The van der Waals surface area contributed by atoms with Gasteiger partial charge in [-0.15, -0.1) is 0 Å². The van der Waals surface area contributed by atoms with Crippen LogP contribution in [0, 0.1) is 0 Å². The Morgan fingerprint density at radius 2 is 1.97 bits per heavy atom. The van der Waals surface area contributed by atoms with Crippen LogP contribution in [0.4, 0.5) is 0 Å². The molecule has 2 amide bonds. The van der Waals surface area contributed by atoms with E-state index < -0.39 is 6.04 Å². The lowest BCUT2D eigenvalue weighted by Gasteiger charge is -2.30. The number of aryl methyl sites for hydroxylation is 1. The zero-order chi connectivity index (χ0) is 20.8. The van der Waals surface area contributed by atoms with Crippen molar-refractivity contribution in [3.63, 3.8) is 0 Å². The Balaban J connectivity index is 1.52. The number of piperidine rings is 1. The molecular formula is C24H32N2O3. The summed E-state index contributed by atoms with van der Waals surface area (Å²) in [6.07, 6.45) is 9.04. The number of amides is 2. The molecule has 0 radical (unpaired) electrons. The number of allylic oxidation sites excluding steroid dienone is 1.